The number of anilines is 1. The van der Waals surface area contributed by atoms with Crippen LogP contribution in [-0.4, -0.2) is 43.9 Å². The first-order valence-corrected chi connectivity index (χ1v) is 7.29. The summed E-state index contributed by atoms with van der Waals surface area (Å²) in [6.45, 7) is 2.18. The Morgan fingerprint density at radius 1 is 1.44 bits per heavy atom. The number of sulfonamides is 1. The molecular weight excluding hydrogens is 258 g/mol. The highest BCUT2D eigenvalue weighted by molar-refractivity contribution is 7.88. The standard InChI is InChI=1S/C9H17N5O3S/c1-3-6-7(10)8(14-13-6)9(15)11-4-5-12-18(2,16)17/h12H,3-5,10H2,1-2H3,(H,11,15)(H,13,14). The van der Waals surface area contributed by atoms with Crippen LogP contribution in [0.4, 0.5) is 5.69 Å². The first-order valence-electron chi connectivity index (χ1n) is 5.40. The summed E-state index contributed by atoms with van der Waals surface area (Å²) in [4.78, 5) is 11.7. The van der Waals surface area contributed by atoms with Crippen LogP contribution in [0.2, 0.25) is 0 Å². The van der Waals surface area contributed by atoms with Gasteiger partial charge in [-0.3, -0.25) is 9.89 Å². The van der Waals surface area contributed by atoms with E-state index in [1.165, 1.54) is 0 Å². The minimum atomic E-state index is -3.24. The zero-order chi connectivity index (χ0) is 13.8. The van der Waals surface area contributed by atoms with E-state index in [-0.39, 0.29) is 18.8 Å². The zero-order valence-corrected chi connectivity index (χ0v) is 11.1. The number of aromatic nitrogens is 2. The maximum Gasteiger partial charge on any atom is 0.273 e. The van der Waals surface area contributed by atoms with E-state index in [1.807, 2.05) is 6.92 Å². The summed E-state index contributed by atoms with van der Waals surface area (Å²) >= 11 is 0. The van der Waals surface area contributed by atoms with Crippen molar-refractivity contribution in [3.63, 3.8) is 0 Å². The Labute approximate surface area is 105 Å². The summed E-state index contributed by atoms with van der Waals surface area (Å²) in [5, 5.41) is 9.01. The number of hydrogen-bond donors (Lipinski definition) is 4. The van der Waals surface area contributed by atoms with Gasteiger partial charge < -0.3 is 11.1 Å². The molecule has 8 nitrogen and oxygen atoms in total. The number of carbonyl (C=O) groups excluding carboxylic acids is 1. The summed E-state index contributed by atoms with van der Waals surface area (Å²) in [5.41, 5.74) is 6.88. The third kappa shape index (κ3) is 4.00. The van der Waals surface area contributed by atoms with E-state index in [1.54, 1.807) is 0 Å². The van der Waals surface area contributed by atoms with Crippen molar-refractivity contribution in [3.8, 4) is 0 Å². The van der Waals surface area contributed by atoms with Crippen LogP contribution in [0.25, 0.3) is 0 Å². The Kier molecular flexibility index (Phi) is 4.68. The Hall–Kier alpha value is -1.61. The fourth-order valence-corrected chi connectivity index (χ4v) is 1.80. The molecule has 0 atom stereocenters. The second-order valence-electron chi connectivity index (χ2n) is 3.74. The van der Waals surface area contributed by atoms with Crippen LogP contribution in [0.5, 0.6) is 0 Å². The quantitative estimate of drug-likeness (QED) is 0.486. The first-order chi connectivity index (χ1) is 8.35. The summed E-state index contributed by atoms with van der Waals surface area (Å²) < 4.78 is 23.8. The maximum absolute atomic E-state index is 11.7. The summed E-state index contributed by atoms with van der Waals surface area (Å²) in [6.07, 6.45) is 1.70. The fraction of sp³-hybridized carbons (Fsp3) is 0.556. The van der Waals surface area contributed by atoms with Gasteiger partial charge in [0.25, 0.3) is 5.91 Å². The van der Waals surface area contributed by atoms with E-state index < -0.39 is 15.9 Å². The molecule has 0 unspecified atom stereocenters. The molecule has 1 rings (SSSR count). The molecule has 5 N–H and O–H groups in total. The smallest absolute Gasteiger partial charge is 0.273 e. The summed E-state index contributed by atoms with van der Waals surface area (Å²) in [7, 11) is -3.24. The van der Waals surface area contributed by atoms with Crippen molar-refractivity contribution < 1.29 is 13.2 Å². The largest absolute Gasteiger partial charge is 0.395 e. The van der Waals surface area contributed by atoms with Gasteiger partial charge in [0.15, 0.2) is 5.69 Å². The fourth-order valence-electron chi connectivity index (χ4n) is 1.33. The lowest BCUT2D eigenvalue weighted by atomic mass is 10.2. The molecular formula is C9H17N5O3S. The first kappa shape index (κ1) is 14.5. The zero-order valence-electron chi connectivity index (χ0n) is 10.3. The van der Waals surface area contributed by atoms with Crippen molar-refractivity contribution in [2.45, 2.75) is 13.3 Å². The molecule has 0 aliphatic carbocycles. The average Bonchev–Trinajstić information content (AvgIpc) is 2.64. The molecule has 0 radical (unpaired) electrons. The third-order valence-electron chi connectivity index (χ3n) is 2.23. The van der Waals surface area contributed by atoms with Gasteiger partial charge in [-0.1, -0.05) is 6.92 Å². The molecule has 0 aliphatic heterocycles. The Morgan fingerprint density at radius 2 is 2.11 bits per heavy atom. The molecule has 9 heteroatoms. The van der Waals surface area contributed by atoms with Crippen molar-refractivity contribution in [2.24, 2.45) is 0 Å². The van der Waals surface area contributed by atoms with E-state index in [9.17, 15) is 13.2 Å². The lowest BCUT2D eigenvalue weighted by molar-refractivity contribution is 0.0950. The number of hydrogen-bond acceptors (Lipinski definition) is 5. The Balaban J connectivity index is 2.48. The number of nitrogens with one attached hydrogen (secondary N) is 3. The van der Waals surface area contributed by atoms with Crippen molar-refractivity contribution in [1.82, 2.24) is 20.2 Å². The number of aryl methyl sites for hydroxylation is 1. The van der Waals surface area contributed by atoms with Gasteiger partial charge >= 0.3 is 0 Å². The number of amides is 1. The highest BCUT2D eigenvalue weighted by Gasteiger charge is 2.15. The van der Waals surface area contributed by atoms with Gasteiger partial charge in [-0.2, -0.15) is 5.10 Å². The van der Waals surface area contributed by atoms with Gasteiger partial charge in [0.05, 0.1) is 17.6 Å². The number of nitrogens with zero attached hydrogens (tertiary/aromatic N) is 1. The van der Waals surface area contributed by atoms with Crippen LogP contribution in [0.15, 0.2) is 0 Å². The predicted octanol–water partition coefficient (Wildman–Crippen LogP) is -1.17. The van der Waals surface area contributed by atoms with E-state index >= 15 is 0 Å². The molecule has 0 spiro atoms. The molecule has 1 heterocycles. The van der Waals surface area contributed by atoms with E-state index in [4.69, 9.17) is 5.73 Å². The molecule has 18 heavy (non-hydrogen) atoms. The average molecular weight is 275 g/mol. The molecule has 0 bridgehead atoms. The monoisotopic (exact) mass is 275 g/mol. The molecule has 0 fully saturated rings. The second kappa shape index (κ2) is 5.83. The van der Waals surface area contributed by atoms with Crippen molar-refractivity contribution >= 4 is 21.6 Å². The molecule has 1 amide bonds. The highest BCUT2D eigenvalue weighted by Crippen LogP contribution is 2.13. The van der Waals surface area contributed by atoms with E-state index in [2.05, 4.69) is 20.2 Å². The number of aromatic amines is 1. The number of rotatable bonds is 6. The second-order valence-corrected chi connectivity index (χ2v) is 5.57. The molecule has 0 aromatic carbocycles. The topological polar surface area (TPSA) is 130 Å². The van der Waals surface area contributed by atoms with Crippen LogP contribution in [-0.2, 0) is 16.4 Å². The lowest BCUT2D eigenvalue weighted by Crippen LogP contribution is -2.34. The number of nitrogens with two attached hydrogens (primary N) is 1. The van der Waals surface area contributed by atoms with Crippen LogP contribution in [0.1, 0.15) is 23.1 Å². The third-order valence-corrected chi connectivity index (χ3v) is 2.95. The highest BCUT2D eigenvalue weighted by atomic mass is 32.2. The van der Waals surface area contributed by atoms with Crippen LogP contribution >= 0.6 is 0 Å². The predicted molar refractivity (Wildman–Crippen MR) is 67.6 cm³/mol. The molecule has 0 aliphatic rings. The van der Waals surface area contributed by atoms with Crippen molar-refractivity contribution in [3.05, 3.63) is 11.4 Å². The SMILES string of the molecule is CCc1[nH]nc(C(=O)NCCNS(C)(=O)=O)c1N. The minimum absolute atomic E-state index is 0.121. The van der Waals surface area contributed by atoms with Crippen molar-refractivity contribution in [2.75, 3.05) is 25.1 Å². The maximum atomic E-state index is 11.7. The molecule has 1 aromatic heterocycles. The van der Waals surface area contributed by atoms with Crippen LogP contribution in [0, 0.1) is 0 Å². The van der Waals surface area contributed by atoms with Gasteiger partial charge in [-0.25, -0.2) is 13.1 Å². The van der Waals surface area contributed by atoms with Gasteiger partial charge in [0, 0.05) is 13.1 Å². The van der Waals surface area contributed by atoms with Gasteiger partial charge in [0.1, 0.15) is 0 Å². The van der Waals surface area contributed by atoms with Crippen LogP contribution in [0.3, 0.4) is 0 Å². The summed E-state index contributed by atoms with van der Waals surface area (Å²) in [5.74, 6) is -0.432. The van der Waals surface area contributed by atoms with Crippen molar-refractivity contribution in [1.29, 1.82) is 0 Å². The number of H-pyrrole nitrogens is 1. The molecule has 102 valence electrons. The Bertz CT molecular complexity index is 522. The van der Waals surface area contributed by atoms with Gasteiger partial charge in [0.2, 0.25) is 10.0 Å². The number of nitrogen functional groups attached to an aromatic ring is 1. The summed E-state index contributed by atoms with van der Waals surface area (Å²) in [6, 6.07) is 0. The lowest BCUT2D eigenvalue weighted by Gasteiger charge is -2.04. The molecule has 0 saturated carbocycles. The Morgan fingerprint density at radius 3 is 2.61 bits per heavy atom. The van der Waals surface area contributed by atoms with E-state index in [0.717, 1.165) is 6.26 Å². The van der Waals surface area contributed by atoms with Gasteiger partial charge in [-0.05, 0) is 6.42 Å². The minimum Gasteiger partial charge on any atom is -0.395 e. The van der Waals surface area contributed by atoms with Gasteiger partial charge in [-0.15, -0.1) is 0 Å². The number of carbonyl (C=O) groups is 1. The molecule has 1 aromatic rings. The normalized spacial score (nSPS) is 11.4. The van der Waals surface area contributed by atoms with E-state index in [0.29, 0.717) is 17.8 Å². The molecule has 0 saturated heterocycles. The van der Waals surface area contributed by atoms with Crippen LogP contribution < -0.4 is 15.8 Å².